The van der Waals surface area contributed by atoms with Crippen molar-refractivity contribution in [2.45, 2.75) is 38.4 Å². The van der Waals surface area contributed by atoms with Gasteiger partial charge in [-0.3, -0.25) is 9.89 Å². The molecule has 0 unspecified atom stereocenters. The van der Waals surface area contributed by atoms with E-state index in [9.17, 15) is 8.78 Å². The Labute approximate surface area is 164 Å². The molecule has 0 saturated carbocycles. The lowest BCUT2D eigenvalue weighted by molar-refractivity contribution is 0.0744. The fourth-order valence-electron chi connectivity index (χ4n) is 3.44. The molecule has 8 heteroatoms. The molecule has 1 aromatic carbocycles. The lowest BCUT2D eigenvalue weighted by Gasteiger charge is -2.32. The Kier molecular flexibility index (Phi) is 7.36. The fraction of sp³-hybridized carbons (Fsp3) is 0.500. The number of imidazole rings is 1. The summed E-state index contributed by atoms with van der Waals surface area (Å²) in [5, 5.41) is 6.71. The van der Waals surface area contributed by atoms with Gasteiger partial charge in [-0.15, -0.1) is 0 Å². The highest BCUT2D eigenvalue weighted by Crippen LogP contribution is 2.12. The molecule has 0 atom stereocenters. The summed E-state index contributed by atoms with van der Waals surface area (Å²) in [4.78, 5) is 10.5. The van der Waals surface area contributed by atoms with E-state index in [2.05, 4.69) is 37.3 Å². The van der Waals surface area contributed by atoms with Crippen LogP contribution < -0.4 is 10.6 Å². The third-order valence-electron chi connectivity index (χ3n) is 4.96. The second kappa shape index (κ2) is 10.2. The van der Waals surface area contributed by atoms with Gasteiger partial charge in [0.1, 0.15) is 5.82 Å². The molecule has 1 saturated heterocycles. The average molecular weight is 390 g/mol. The standard InChI is InChI=1S/C20H28F2N6/c1-23-20(26-17-7-10-27(11-8-17)15-18(21)22)25-13-19-24-9-12-28(19)14-16-5-3-2-4-6-16/h2-6,9,12,17-18H,7-8,10-11,13-15H2,1H3,(H2,23,25,26). The zero-order valence-corrected chi connectivity index (χ0v) is 16.2. The van der Waals surface area contributed by atoms with Crippen molar-refractivity contribution in [2.75, 3.05) is 26.7 Å². The van der Waals surface area contributed by atoms with E-state index in [1.165, 1.54) is 5.56 Å². The maximum Gasteiger partial charge on any atom is 0.251 e. The number of aromatic nitrogens is 2. The molecule has 2 aromatic rings. The Morgan fingerprint density at radius 2 is 2.00 bits per heavy atom. The smallest absolute Gasteiger partial charge is 0.251 e. The molecule has 2 N–H and O–H groups in total. The van der Waals surface area contributed by atoms with E-state index in [4.69, 9.17) is 0 Å². The van der Waals surface area contributed by atoms with Crippen LogP contribution in [0.4, 0.5) is 8.78 Å². The van der Waals surface area contributed by atoms with Crippen molar-refractivity contribution in [2.24, 2.45) is 4.99 Å². The zero-order valence-electron chi connectivity index (χ0n) is 16.2. The van der Waals surface area contributed by atoms with Crippen LogP contribution in [0.2, 0.25) is 0 Å². The van der Waals surface area contributed by atoms with E-state index in [1.807, 2.05) is 29.3 Å². The lowest BCUT2D eigenvalue weighted by atomic mass is 10.1. The first-order chi connectivity index (χ1) is 13.6. The molecule has 0 amide bonds. The number of guanidine groups is 1. The fourth-order valence-corrected chi connectivity index (χ4v) is 3.44. The van der Waals surface area contributed by atoms with E-state index in [1.54, 1.807) is 13.2 Å². The largest absolute Gasteiger partial charge is 0.354 e. The zero-order chi connectivity index (χ0) is 19.8. The molecular weight excluding hydrogens is 362 g/mol. The highest BCUT2D eigenvalue weighted by Gasteiger charge is 2.22. The summed E-state index contributed by atoms with van der Waals surface area (Å²) in [6.45, 7) is 2.56. The minimum Gasteiger partial charge on any atom is -0.354 e. The van der Waals surface area contributed by atoms with E-state index in [0.717, 1.165) is 25.2 Å². The van der Waals surface area contributed by atoms with Crippen molar-refractivity contribution < 1.29 is 8.78 Å². The Morgan fingerprint density at radius 1 is 1.25 bits per heavy atom. The Balaban J connectivity index is 1.47. The second-order valence-electron chi connectivity index (χ2n) is 6.99. The maximum absolute atomic E-state index is 12.5. The van der Waals surface area contributed by atoms with Crippen molar-refractivity contribution >= 4 is 5.96 Å². The molecule has 0 radical (unpaired) electrons. The van der Waals surface area contributed by atoms with E-state index in [-0.39, 0.29) is 12.6 Å². The summed E-state index contributed by atoms with van der Waals surface area (Å²) in [6, 6.07) is 10.5. The van der Waals surface area contributed by atoms with Crippen LogP contribution in [0.5, 0.6) is 0 Å². The number of likely N-dealkylation sites (tertiary alicyclic amines) is 1. The highest BCUT2D eigenvalue weighted by molar-refractivity contribution is 5.79. The van der Waals surface area contributed by atoms with Gasteiger partial charge < -0.3 is 15.2 Å². The van der Waals surface area contributed by atoms with Gasteiger partial charge in [0.25, 0.3) is 6.43 Å². The highest BCUT2D eigenvalue weighted by atomic mass is 19.3. The molecule has 3 rings (SSSR count). The molecule has 2 heterocycles. The number of piperidine rings is 1. The molecular formula is C20H28F2N6. The average Bonchev–Trinajstić information content (AvgIpc) is 3.14. The minimum absolute atomic E-state index is 0.135. The third kappa shape index (κ3) is 6.02. The van der Waals surface area contributed by atoms with Crippen LogP contribution in [0.25, 0.3) is 0 Å². The van der Waals surface area contributed by atoms with Crippen molar-refractivity contribution in [1.82, 2.24) is 25.1 Å². The quantitative estimate of drug-likeness (QED) is 0.563. The van der Waals surface area contributed by atoms with Crippen LogP contribution in [0.15, 0.2) is 47.7 Å². The molecule has 1 aliphatic heterocycles. The first-order valence-corrected chi connectivity index (χ1v) is 9.65. The Hall–Kier alpha value is -2.48. The number of aliphatic imine (C=N–C) groups is 1. The SMILES string of the molecule is CN=C(NCc1nccn1Cc1ccccc1)NC1CCN(CC(F)F)CC1. The monoisotopic (exact) mass is 390 g/mol. The van der Waals surface area contributed by atoms with Crippen LogP contribution in [0, 0.1) is 0 Å². The number of rotatable bonds is 7. The van der Waals surface area contributed by atoms with Crippen molar-refractivity contribution in [1.29, 1.82) is 0 Å². The van der Waals surface area contributed by atoms with Crippen LogP contribution in [0.1, 0.15) is 24.2 Å². The van der Waals surface area contributed by atoms with Gasteiger partial charge >= 0.3 is 0 Å². The second-order valence-corrected chi connectivity index (χ2v) is 6.99. The van der Waals surface area contributed by atoms with Gasteiger partial charge in [0.05, 0.1) is 13.1 Å². The molecule has 28 heavy (non-hydrogen) atoms. The van der Waals surface area contributed by atoms with Crippen LogP contribution in [0.3, 0.4) is 0 Å². The molecule has 1 aromatic heterocycles. The molecule has 152 valence electrons. The van der Waals surface area contributed by atoms with Gasteiger partial charge in [-0.05, 0) is 18.4 Å². The molecule has 6 nitrogen and oxygen atoms in total. The number of hydrogen-bond acceptors (Lipinski definition) is 3. The number of hydrogen-bond donors (Lipinski definition) is 2. The molecule has 1 aliphatic rings. The first kappa shape index (κ1) is 20.3. The summed E-state index contributed by atoms with van der Waals surface area (Å²) >= 11 is 0. The number of alkyl halides is 2. The first-order valence-electron chi connectivity index (χ1n) is 9.65. The van der Waals surface area contributed by atoms with Gasteiger partial charge in [-0.2, -0.15) is 0 Å². The van der Waals surface area contributed by atoms with Crippen LogP contribution in [-0.4, -0.2) is 59.6 Å². The predicted molar refractivity (Wildman–Crippen MR) is 107 cm³/mol. The van der Waals surface area contributed by atoms with Crippen molar-refractivity contribution in [3.8, 4) is 0 Å². The normalized spacial score (nSPS) is 16.5. The molecule has 1 fully saturated rings. The van der Waals surface area contributed by atoms with Gasteiger partial charge in [0.2, 0.25) is 0 Å². The number of nitrogens with zero attached hydrogens (tertiary/aromatic N) is 4. The van der Waals surface area contributed by atoms with Crippen LogP contribution >= 0.6 is 0 Å². The summed E-state index contributed by atoms with van der Waals surface area (Å²) in [5.74, 6) is 1.64. The number of nitrogens with one attached hydrogen (secondary N) is 2. The number of benzene rings is 1. The Bertz CT molecular complexity index is 738. The maximum atomic E-state index is 12.5. The molecule has 0 aliphatic carbocycles. The lowest BCUT2D eigenvalue weighted by Crippen LogP contribution is -2.49. The van der Waals surface area contributed by atoms with E-state index in [0.29, 0.717) is 25.6 Å². The van der Waals surface area contributed by atoms with E-state index >= 15 is 0 Å². The summed E-state index contributed by atoms with van der Waals surface area (Å²) in [6.07, 6.45) is 3.17. The van der Waals surface area contributed by atoms with Crippen molar-refractivity contribution in [3.05, 3.63) is 54.1 Å². The Morgan fingerprint density at radius 3 is 2.68 bits per heavy atom. The molecule has 0 bridgehead atoms. The van der Waals surface area contributed by atoms with E-state index < -0.39 is 6.43 Å². The predicted octanol–water partition coefficient (Wildman–Crippen LogP) is 2.33. The van der Waals surface area contributed by atoms with Crippen LogP contribution in [-0.2, 0) is 13.1 Å². The summed E-state index contributed by atoms with van der Waals surface area (Å²) < 4.78 is 27.1. The van der Waals surface area contributed by atoms with Crippen molar-refractivity contribution in [3.63, 3.8) is 0 Å². The van der Waals surface area contributed by atoms with Gasteiger partial charge in [0, 0.05) is 45.1 Å². The topological polar surface area (TPSA) is 57.5 Å². The van der Waals surface area contributed by atoms with Gasteiger partial charge in [-0.1, -0.05) is 30.3 Å². The summed E-state index contributed by atoms with van der Waals surface area (Å²) in [5.41, 5.74) is 1.22. The van der Waals surface area contributed by atoms with Gasteiger partial charge in [-0.25, -0.2) is 13.8 Å². The number of halogens is 2. The minimum atomic E-state index is -2.27. The molecule has 0 spiro atoms. The van der Waals surface area contributed by atoms with Gasteiger partial charge in [0.15, 0.2) is 5.96 Å². The third-order valence-corrected chi connectivity index (χ3v) is 4.96. The summed E-state index contributed by atoms with van der Waals surface area (Å²) in [7, 11) is 1.73.